The van der Waals surface area contributed by atoms with Crippen LogP contribution in [0.3, 0.4) is 0 Å². The molecule has 2 heterocycles. The van der Waals surface area contributed by atoms with Gasteiger partial charge in [-0.3, -0.25) is 0 Å². The van der Waals surface area contributed by atoms with Gasteiger partial charge in [-0.1, -0.05) is 30.3 Å². The SMILES string of the molecule is COC(=O)c1ccccc1Nc1cc(N2CCc3ccccc32)ncn1. The third kappa shape index (κ3) is 2.97. The van der Waals surface area contributed by atoms with Gasteiger partial charge in [-0.2, -0.15) is 0 Å². The number of nitrogens with one attached hydrogen (secondary N) is 1. The Kier molecular flexibility index (Phi) is 4.23. The van der Waals surface area contributed by atoms with E-state index in [0.717, 1.165) is 18.8 Å². The summed E-state index contributed by atoms with van der Waals surface area (Å²) in [6.07, 6.45) is 2.52. The number of nitrogens with zero attached hydrogens (tertiary/aromatic N) is 3. The van der Waals surface area contributed by atoms with Crippen molar-refractivity contribution in [1.29, 1.82) is 0 Å². The molecule has 6 nitrogen and oxygen atoms in total. The summed E-state index contributed by atoms with van der Waals surface area (Å²) in [5.74, 6) is 1.05. The van der Waals surface area contributed by atoms with Crippen LogP contribution in [0.1, 0.15) is 15.9 Å². The standard InChI is InChI=1S/C20H18N4O2/c1-26-20(25)15-7-3-4-8-16(15)23-18-12-19(22-13-21-18)24-11-10-14-6-2-5-9-17(14)24/h2-9,12-13H,10-11H2,1H3,(H,21,22,23). The number of methoxy groups -OCH3 is 1. The molecule has 1 aromatic heterocycles. The number of esters is 1. The number of hydrogen-bond acceptors (Lipinski definition) is 6. The van der Waals surface area contributed by atoms with E-state index in [-0.39, 0.29) is 0 Å². The van der Waals surface area contributed by atoms with Gasteiger partial charge in [0.25, 0.3) is 0 Å². The minimum absolute atomic E-state index is 0.393. The van der Waals surface area contributed by atoms with Crippen molar-refractivity contribution in [3.8, 4) is 0 Å². The normalized spacial score (nSPS) is 12.6. The molecule has 0 fully saturated rings. The van der Waals surface area contributed by atoms with Gasteiger partial charge in [0.2, 0.25) is 0 Å². The fraction of sp³-hybridized carbons (Fsp3) is 0.150. The number of ether oxygens (including phenoxy) is 1. The van der Waals surface area contributed by atoms with Crippen molar-refractivity contribution in [2.24, 2.45) is 0 Å². The molecule has 0 saturated carbocycles. The van der Waals surface area contributed by atoms with E-state index in [1.54, 1.807) is 12.1 Å². The first-order chi connectivity index (χ1) is 12.8. The average Bonchev–Trinajstić information content (AvgIpc) is 3.12. The predicted octanol–water partition coefficient (Wildman–Crippen LogP) is 3.70. The van der Waals surface area contributed by atoms with Crippen molar-refractivity contribution in [2.75, 3.05) is 23.9 Å². The van der Waals surface area contributed by atoms with Crippen LogP contribution in [0, 0.1) is 0 Å². The van der Waals surface area contributed by atoms with E-state index in [1.807, 2.05) is 24.3 Å². The maximum Gasteiger partial charge on any atom is 0.339 e. The minimum Gasteiger partial charge on any atom is -0.465 e. The molecular weight excluding hydrogens is 328 g/mol. The summed E-state index contributed by atoms with van der Waals surface area (Å²) in [6.45, 7) is 0.883. The number of rotatable bonds is 4. The number of hydrogen-bond donors (Lipinski definition) is 1. The molecule has 0 radical (unpaired) electrons. The molecule has 0 spiro atoms. The Balaban J connectivity index is 1.63. The van der Waals surface area contributed by atoms with Gasteiger partial charge in [0.05, 0.1) is 18.4 Å². The van der Waals surface area contributed by atoms with Crippen LogP contribution >= 0.6 is 0 Å². The Morgan fingerprint density at radius 2 is 1.92 bits per heavy atom. The molecule has 1 aliphatic rings. The maximum atomic E-state index is 11.9. The van der Waals surface area contributed by atoms with E-state index in [9.17, 15) is 4.79 Å². The zero-order valence-electron chi connectivity index (χ0n) is 14.3. The second-order valence-electron chi connectivity index (χ2n) is 5.95. The molecule has 4 rings (SSSR count). The van der Waals surface area contributed by atoms with Crippen molar-refractivity contribution in [1.82, 2.24) is 9.97 Å². The van der Waals surface area contributed by atoms with Crippen molar-refractivity contribution in [3.63, 3.8) is 0 Å². The molecule has 0 unspecified atom stereocenters. The van der Waals surface area contributed by atoms with Crippen LogP contribution in [0.25, 0.3) is 0 Å². The van der Waals surface area contributed by atoms with Gasteiger partial charge in [-0.05, 0) is 30.2 Å². The lowest BCUT2D eigenvalue weighted by Crippen LogP contribution is -2.15. The summed E-state index contributed by atoms with van der Waals surface area (Å²) in [5, 5.41) is 3.20. The number of anilines is 4. The fourth-order valence-electron chi connectivity index (χ4n) is 3.16. The Bertz CT molecular complexity index is 958. The van der Waals surface area contributed by atoms with Gasteiger partial charge >= 0.3 is 5.97 Å². The molecular formula is C20H18N4O2. The van der Waals surface area contributed by atoms with Crippen LogP contribution in [-0.4, -0.2) is 29.6 Å². The fourth-order valence-corrected chi connectivity index (χ4v) is 3.16. The number of carbonyl (C=O) groups is 1. The zero-order chi connectivity index (χ0) is 17.9. The Morgan fingerprint density at radius 3 is 2.81 bits per heavy atom. The molecule has 0 aliphatic carbocycles. The largest absolute Gasteiger partial charge is 0.465 e. The summed E-state index contributed by atoms with van der Waals surface area (Å²) in [6, 6.07) is 17.4. The molecule has 1 N–H and O–H groups in total. The average molecular weight is 346 g/mol. The first-order valence-corrected chi connectivity index (χ1v) is 8.38. The smallest absolute Gasteiger partial charge is 0.339 e. The molecule has 0 bridgehead atoms. The van der Waals surface area contributed by atoms with Crippen LogP contribution in [0.2, 0.25) is 0 Å². The highest BCUT2D eigenvalue weighted by atomic mass is 16.5. The van der Waals surface area contributed by atoms with Crippen molar-refractivity contribution >= 4 is 29.0 Å². The predicted molar refractivity (Wildman–Crippen MR) is 100 cm³/mol. The van der Waals surface area contributed by atoms with Crippen LogP contribution in [0.15, 0.2) is 60.9 Å². The van der Waals surface area contributed by atoms with Gasteiger partial charge in [-0.25, -0.2) is 14.8 Å². The molecule has 26 heavy (non-hydrogen) atoms. The lowest BCUT2D eigenvalue weighted by Gasteiger charge is -2.19. The third-order valence-corrected chi connectivity index (χ3v) is 4.41. The second kappa shape index (κ2) is 6.84. The highest BCUT2D eigenvalue weighted by Gasteiger charge is 2.21. The van der Waals surface area contributed by atoms with Gasteiger partial charge in [0.15, 0.2) is 0 Å². The number of carbonyl (C=O) groups excluding carboxylic acids is 1. The minimum atomic E-state index is -0.393. The summed E-state index contributed by atoms with van der Waals surface area (Å²) in [4.78, 5) is 22.8. The monoisotopic (exact) mass is 346 g/mol. The molecule has 2 aromatic carbocycles. The first-order valence-electron chi connectivity index (χ1n) is 8.38. The van der Waals surface area contributed by atoms with Gasteiger partial charge in [0.1, 0.15) is 18.0 Å². The van der Waals surface area contributed by atoms with Gasteiger partial charge in [-0.15, -0.1) is 0 Å². The summed E-state index contributed by atoms with van der Waals surface area (Å²) < 4.78 is 4.84. The van der Waals surface area contributed by atoms with Gasteiger partial charge in [0, 0.05) is 18.3 Å². The molecule has 130 valence electrons. The van der Waals surface area contributed by atoms with Crippen LogP contribution in [0.5, 0.6) is 0 Å². The van der Waals surface area contributed by atoms with E-state index >= 15 is 0 Å². The van der Waals surface area contributed by atoms with Crippen LogP contribution < -0.4 is 10.2 Å². The third-order valence-electron chi connectivity index (χ3n) is 4.41. The zero-order valence-corrected chi connectivity index (χ0v) is 14.3. The molecule has 6 heteroatoms. The molecule has 0 amide bonds. The first kappa shape index (κ1) is 16.1. The van der Waals surface area contributed by atoms with Crippen LogP contribution in [0.4, 0.5) is 23.0 Å². The Labute approximate surface area is 151 Å². The van der Waals surface area contributed by atoms with E-state index in [2.05, 4.69) is 38.4 Å². The quantitative estimate of drug-likeness (QED) is 0.727. The Hall–Kier alpha value is -3.41. The topological polar surface area (TPSA) is 67.3 Å². The Morgan fingerprint density at radius 1 is 1.12 bits per heavy atom. The van der Waals surface area contributed by atoms with Crippen LogP contribution in [-0.2, 0) is 11.2 Å². The van der Waals surface area contributed by atoms with E-state index < -0.39 is 5.97 Å². The molecule has 3 aromatic rings. The highest BCUT2D eigenvalue weighted by Crippen LogP contribution is 2.34. The second-order valence-corrected chi connectivity index (χ2v) is 5.95. The summed E-state index contributed by atoms with van der Waals surface area (Å²) >= 11 is 0. The number of para-hydroxylation sites is 2. The molecule has 0 saturated heterocycles. The highest BCUT2D eigenvalue weighted by molar-refractivity contribution is 5.96. The number of fused-ring (bicyclic) bond motifs is 1. The summed E-state index contributed by atoms with van der Waals surface area (Å²) in [5.41, 5.74) is 3.59. The van der Waals surface area contributed by atoms with E-state index in [4.69, 9.17) is 4.74 Å². The molecule has 1 aliphatic heterocycles. The van der Waals surface area contributed by atoms with Gasteiger partial charge < -0.3 is 15.0 Å². The van der Waals surface area contributed by atoms with E-state index in [1.165, 1.54) is 24.7 Å². The lowest BCUT2D eigenvalue weighted by atomic mass is 10.2. The van der Waals surface area contributed by atoms with Crippen molar-refractivity contribution in [2.45, 2.75) is 6.42 Å². The maximum absolute atomic E-state index is 11.9. The van der Waals surface area contributed by atoms with Crippen molar-refractivity contribution in [3.05, 3.63) is 72.1 Å². The molecule has 0 atom stereocenters. The number of aromatic nitrogens is 2. The van der Waals surface area contributed by atoms with E-state index in [0.29, 0.717) is 17.1 Å². The van der Waals surface area contributed by atoms with Crippen molar-refractivity contribution < 1.29 is 9.53 Å². The number of benzene rings is 2. The summed E-state index contributed by atoms with van der Waals surface area (Å²) in [7, 11) is 1.37. The lowest BCUT2D eigenvalue weighted by molar-refractivity contribution is 0.0602.